The average Bonchev–Trinajstić information content (AvgIpc) is 3.01. The lowest BCUT2D eigenvalue weighted by molar-refractivity contribution is -0.118. The van der Waals surface area contributed by atoms with Crippen LogP contribution in [-0.4, -0.2) is 37.4 Å². The number of hydrogen-bond acceptors (Lipinski definition) is 7. The molecular formula is C24H25N5O3S. The van der Waals surface area contributed by atoms with E-state index in [1.165, 1.54) is 0 Å². The van der Waals surface area contributed by atoms with Crippen molar-refractivity contribution in [2.45, 2.75) is 31.8 Å². The smallest absolute Gasteiger partial charge is 0.229 e. The van der Waals surface area contributed by atoms with Crippen LogP contribution in [0.1, 0.15) is 30.0 Å². The van der Waals surface area contributed by atoms with Gasteiger partial charge in [-0.05, 0) is 49.2 Å². The third-order valence-corrected chi connectivity index (χ3v) is 7.52. The zero-order valence-corrected chi connectivity index (χ0v) is 19.4. The van der Waals surface area contributed by atoms with Crippen molar-refractivity contribution in [3.63, 3.8) is 0 Å². The van der Waals surface area contributed by atoms with Crippen LogP contribution in [0.3, 0.4) is 0 Å². The maximum atomic E-state index is 12.8. The first-order chi connectivity index (χ1) is 15.8. The number of rotatable bonds is 4. The topological polar surface area (TPSA) is 95.5 Å². The lowest BCUT2D eigenvalue weighted by atomic mass is 10.1. The fourth-order valence-electron chi connectivity index (χ4n) is 4.35. The Morgan fingerprint density at radius 2 is 1.82 bits per heavy atom. The summed E-state index contributed by atoms with van der Waals surface area (Å²) in [5, 5.41) is 3.21. The Labute approximate surface area is 193 Å². The quantitative estimate of drug-likeness (QED) is 0.628. The molecule has 3 heterocycles. The molecule has 170 valence electrons. The summed E-state index contributed by atoms with van der Waals surface area (Å²) >= 11 is 0. The molecule has 0 saturated heterocycles. The Morgan fingerprint density at radius 3 is 2.58 bits per heavy atom. The van der Waals surface area contributed by atoms with Crippen molar-refractivity contribution in [3.8, 4) is 0 Å². The molecule has 0 unspecified atom stereocenters. The number of hydrogen-bond donors (Lipinski definition) is 1. The van der Waals surface area contributed by atoms with Gasteiger partial charge in [0.2, 0.25) is 11.9 Å². The van der Waals surface area contributed by atoms with E-state index in [4.69, 9.17) is 4.98 Å². The molecular weight excluding hydrogens is 438 g/mol. The van der Waals surface area contributed by atoms with Gasteiger partial charge < -0.3 is 15.1 Å². The molecule has 5 rings (SSSR count). The molecule has 9 heteroatoms. The van der Waals surface area contributed by atoms with Crippen molar-refractivity contribution in [1.82, 2.24) is 9.97 Å². The Morgan fingerprint density at radius 1 is 1.06 bits per heavy atom. The van der Waals surface area contributed by atoms with Crippen LogP contribution < -0.4 is 15.1 Å². The van der Waals surface area contributed by atoms with Gasteiger partial charge in [0.15, 0.2) is 15.7 Å². The number of nitrogens with zero attached hydrogens (tertiary/aromatic N) is 4. The van der Waals surface area contributed by atoms with E-state index < -0.39 is 9.84 Å². The predicted octanol–water partition coefficient (Wildman–Crippen LogP) is 3.85. The Balaban J connectivity index is 1.53. The molecule has 0 atom stereocenters. The second-order valence-corrected chi connectivity index (χ2v) is 10.5. The summed E-state index contributed by atoms with van der Waals surface area (Å²) in [5.41, 5.74) is 5.16. The van der Waals surface area contributed by atoms with Gasteiger partial charge in [0.1, 0.15) is 5.69 Å². The highest BCUT2D eigenvalue weighted by molar-refractivity contribution is 7.90. The first-order valence-electron chi connectivity index (χ1n) is 10.9. The number of amides is 1. The molecule has 2 aliphatic heterocycles. The van der Waals surface area contributed by atoms with E-state index in [-0.39, 0.29) is 17.4 Å². The number of fused-ring (bicyclic) bond motifs is 2. The number of sulfone groups is 1. The lowest BCUT2D eigenvalue weighted by Gasteiger charge is -2.25. The number of nitrogens with one attached hydrogen (secondary N) is 1. The first kappa shape index (κ1) is 21.4. The number of aryl methyl sites for hydroxylation is 1. The second kappa shape index (κ2) is 8.15. The fourth-order valence-corrected chi connectivity index (χ4v) is 5.95. The van der Waals surface area contributed by atoms with E-state index in [1.54, 1.807) is 11.1 Å². The van der Waals surface area contributed by atoms with Crippen molar-refractivity contribution in [2.24, 2.45) is 0 Å². The van der Waals surface area contributed by atoms with Crippen molar-refractivity contribution < 1.29 is 13.2 Å². The van der Waals surface area contributed by atoms with Gasteiger partial charge >= 0.3 is 0 Å². The normalized spacial score (nSPS) is 16.8. The highest BCUT2D eigenvalue weighted by Gasteiger charge is 2.29. The Bertz CT molecular complexity index is 1340. The molecule has 0 saturated carbocycles. The molecule has 0 bridgehead atoms. The highest BCUT2D eigenvalue weighted by Crippen LogP contribution is 2.36. The van der Waals surface area contributed by atoms with Crippen molar-refractivity contribution >= 4 is 44.6 Å². The molecule has 33 heavy (non-hydrogen) atoms. The van der Waals surface area contributed by atoms with E-state index in [1.807, 2.05) is 61.2 Å². The lowest BCUT2D eigenvalue weighted by Crippen LogP contribution is -2.30. The van der Waals surface area contributed by atoms with Gasteiger partial charge in [-0.1, -0.05) is 23.8 Å². The third-order valence-electron chi connectivity index (χ3n) is 6.02. The van der Waals surface area contributed by atoms with Gasteiger partial charge in [-0.25, -0.2) is 13.4 Å². The SMILES string of the molecule is CCN1C(=O)CCN(c2ccc(C)cc2)c2nc(Nc3ccc4c(c3)CS(=O)(=O)C4)ncc21. The maximum Gasteiger partial charge on any atom is 0.229 e. The molecule has 0 spiro atoms. The molecule has 0 aliphatic carbocycles. The van der Waals surface area contributed by atoms with E-state index in [0.717, 1.165) is 28.1 Å². The van der Waals surface area contributed by atoms with Crippen molar-refractivity contribution in [2.75, 3.05) is 28.2 Å². The minimum Gasteiger partial charge on any atom is -0.324 e. The van der Waals surface area contributed by atoms with Gasteiger partial charge in [0.25, 0.3) is 0 Å². The van der Waals surface area contributed by atoms with E-state index in [9.17, 15) is 13.2 Å². The number of anilines is 5. The van der Waals surface area contributed by atoms with Crippen LogP contribution in [0.5, 0.6) is 0 Å². The van der Waals surface area contributed by atoms with Gasteiger partial charge in [-0.2, -0.15) is 4.98 Å². The monoisotopic (exact) mass is 463 g/mol. The zero-order chi connectivity index (χ0) is 23.2. The molecule has 2 aliphatic rings. The summed E-state index contributed by atoms with van der Waals surface area (Å²) in [6, 6.07) is 13.7. The van der Waals surface area contributed by atoms with E-state index >= 15 is 0 Å². The molecule has 1 N–H and O–H groups in total. The number of benzene rings is 2. The molecule has 8 nitrogen and oxygen atoms in total. The highest BCUT2D eigenvalue weighted by atomic mass is 32.2. The van der Waals surface area contributed by atoms with Crippen LogP contribution in [0.15, 0.2) is 48.7 Å². The zero-order valence-electron chi connectivity index (χ0n) is 18.6. The average molecular weight is 464 g/mol. The summed E-state index contributed by atoms with van der Waals surface area (Å²) in [7, 11) is -3.07. The molecule has 0 radical (unpaired) electrons. The van der Waals surface area contributed by atoms with Gasteiger partial charge in [0.05, 0.1) is 17.7 Å². The maximum absolute atomic E-state index is 12.8. The van der Waals surface area contributed by atoms with Crippen molar-refractivity contribution in [1.29, 1.82) is 0 Å². The van der Waals surface area contributed by atoms with E-state index in [0.29, 0.717) is 37.0 Å². The van der Waals surface area contributed by atoms with Crippen LogP contribution in [0.25, 0.3) is 0 Å². The molecule has 1 aromatic heterocycles. The minimum absolute atomic E-state index is 0.0394. The van der Waals surface area contributed by atoms with Crippen LogP contribution in [0.2, 0.25) is 0 Å². The largest absolute Gasteiger partial charge is 0.324 e. The minimum atomic E-state index is -3.07. The van der Waals surface area contributed by atoms with Gasteiger partial charge in [-0.3, -0.25) is 4.79 Å². The van der Waals surface area contributed by atoms with Crippen LogP contribution in [0.4, 0.5) is 28.8 Å². The molecule has 2 aromatic carbocycles. The fraction of sp³-hybridized carbons (Fsp3) is 0.292. The predicted molar refractivity (Wildman–Crippen MR) is 129 cm³/mol. The first-order valence-corrected chi connectivity index (χ1v) is 12.8. The summed E-state index contributed by atoms with van der Waals surface area (Å²) in [5.74, 6) is 1.23. The number of carbonyl (C=O) groups excluding carboxylic acids is 1. The van der Waals surface area contributed by atoms with Gasteiger partial charge in [-0.15, -0.1) is 0 Å². The summed E-state index contributed by atoms with van der Waals surface area (Å²) in [6.45, 7) is 5.02. The van der Waals surface area contributed by atoms with Crippen LogP contribution in [-0.2, 0) is 26.1 Å². The summed E-state index contributed by atoms with van der Waals surface area (Å²) in [6.07, 6.45) is 2.05. The number of aromatic nitrogens is 2. The van der Waals surface area contributed by atoms with E-state index in [2.05, 4.69) is 10.3 Å². The van der Waals surface area contributed by atoms with Crippen molar-refractivity contribution in [3.05, 3.63) is 65.4 Å². The molecule has 3 aromatic rings. The summed E-state index contributed by atoms with van der Waals surface area (Å²) in [4.78, 5) is 25.8. The summed E-state index contributed by atoms with van der Waals surface area (Å²) < 4.78 is 23.9. The molecule has 0 fully saturated rings. The third kappa shape index (κ3) is 4.16. The van der Waals surface area contributed by atoms with Gasteiger partial charge in [0, 0.05) is 30.9 Å². The molecule has 1 amide bonds. The standard InChI is InChI=1S/C24H25N5O3S/c1-3-28-21-13-25-24(26-19-7-6-17-14-33(31,32)15-18(17)12-19)27-23(21)29(11-10-22(28)30)20-8-4-16(2)5-9-20/h4-9,12-13H,3,10-11,14-15H2,1-2H3,(H,25,26,27). The number of carbonyl (C=O) groups is 1. The van der Waals surface area contributed by atoms with Crippen LogP contribution in [0, 0.1) is 6.92 Å². The van der Waals surface area contributed by atoms with Crippen LogP contribution >= 0.6 is 0 Å². The Hall–Kier alpha value is -3.46. The Kier molecular flexibility index (Phi) is 5.28. The second-order valence-electron chi connectivity index (χ2n) is 8.42.